The zero-order valence-electron chi connectivity index (χ0n) is 10.2. The highest BCUT2D eigenvalue weighted by atomic mass is 19.1. The van der Waals surface area contributed by atoms with Gasteiger partial charge in [0.15, 0.2) is 0 Å². The van der Waals surface area contributed by atoms with Gasteiger partial charge in [-0.05, 0) is 31.4 Å². The highest BCUT2D eigenvalue weighted by Gasteiger charge is 2.24. The van der Waals surface area contributed by atoms with Crippen molar-refractivity contribution in [3.8, 4) is 0 Å². The molecule has 1 aromatic carbocycles. The van der Waals surface area contributed by atoms with Gasteiger partial charge in [-0.1, -0.05) is 0 Å². The summed E-state index contributed by atoms with van der Waals surface area (Å²) in [6, 6.07) is 2.13. The smallest absolute Gasteiger partial charge is 0.256 e. The zero-order valence-corrected chi connectivity index (χ0v) is 10.2. The summed E-state index contributed by atoms with van der Waals surface area (Å²) in [7, 11) is 0. The predicted molar refractivity (Wildman–Crippen MR) is 64.2 cm³/mol. The van der Waals surface area contributed by atoms with Crippen LogP contribution in [-0.2, 0) is 0 Å². The second-order valence-electron chi connectivity index (χ2n) is 4.71. The van der Waals surface area contributed by atoms with E-state index in [2.05, 4.69) is 0 Å². The van der Waals surface area contributed by atoms with Crippen molar-refractivity contribution >= 4 is 5.91 Å². The number of hydrogen-bond acceptors (Lipinski definition) is 2. The molecule has 1 amide bonds. The van der Waals surface area contributed by atoms with Gasteiger partial charge in [0.25, 0.3) is 5.91 Å². The van der Waals surface area contributed by atoms with E-state index in [1.807, 2.05) is 0 Å². The molecule has 1 aromatic rings. The van der Waals surface area contributed by atoms with E-state index >= 15 is 0 Å². The maximum atomic E-state index is 13.6. The van der Waals surface area contributed by atoms with Gasteiger partial charge < -0.3 is 10.6 Å². The van der Waals surface area contributed by atoms with Crippen molar-refractivity contribution in [3.63, 3.8) is 0 Å². The maximum Gasteiger partial charge on any atom is 0.256 e. The molecule has 18 heavy (non-hydrogen) atoms. The molecule has 2 rings (SSSR count). The summed E-state index contributed by atoms with van der Waals surface area (Å²) in [5, 5.41) is 0. The number of carbonyl (C=O) groups is 1. The lowest BCUT2D eigenvalue weighted by Crippen LogP contribution is -2.43. The number of aryl methyl sites for hydroxylation is 1. The lowest BCUT2D eigenvalue weighted by molar-refractivity contribution is 0.0710. The summed E-state index contributed by atoms with van der Waals surface area (Å²) in [6.45, 7) is 2.56. The minimum absolute atomic E-state index is 0.0654. The zero-order chi connectivity index (χ0) is 13.3. The van der Waals surface area contributed by atoms with Crippen LogP contribution in [-0.4, -0.2) is 29.9 Å². The summed E-state index contributed by atoms with van der Waals surface area (Å²) in [6.07, 6.45) is 1.43. The third kappa shape index (κ3) is 2.51. The van der Waals surface area contributed by atoms with Crippen molar-refractivity contribution in [2.24, 2.45) is 5.73 Å². The Hall–Kier alpha value is -1.49. The molecule has 1 aliphatic heterocycles. The lowest BCUT2D eigenvalue weighted by Gasteiger charge is -2.30. The second kappa shape index (κ2) is 5.02. The van der Waals surface area contributed by atoms with E-state index in [9.17, 15) is 13.6 Å². The van der Waals surface area contributed by atoms with Gasteiger partial charge in [0.2, 0.25) is 0 Å². The number of benzene rings is 1. The molecule has 0 saturated carbocycles. The van der Waals surface area contributed by atoms with Gasteiger partial charge in [0.1, 0.15) is 11.6 Å². The van der Waals surface area contributed by atoms with Gasteiger partial charge in [-0.2, -0.15) is 0 Å². The molecule has 5 heteroatoms. The number of hydrogen-bond donors (Lipinski definition) is 1. The third-order valence-electron chi connectivity index (χ3n) is 3.31. The Morgan fingerprint density at radius 3 is 2.50 bits per heavy atom. The predicted octanol–water partition coefficient (Wildman–Crippen LogP) is 1.84. The molecule has 0 aliphatic carbocycles. The van der Waals surface area contributed by atoms with Crippen LogP contribution in [0.15, 0.2) is 12.1 Å². The molecule has 0 radical (unpaired) electrons. The molecule has 0 aromatic heterocycles. The number of piperidine rings is 1. The molecule has 0 atom stereocenters. The number of carbonyl (C=O) groups excluding carboxylic acids is 1. The number of nitrogens with zero attached hydrogens (tertiary/aromatic N) is 1. The molecule has 98 valence electrons. The number of rotatable bonds is 1. The van der Waals surface area contributed by atoms with Gasteiger partial charge in [0.05, 0.1) is 5.56 Å². The fourth-order valence-corrected chi connectivity index (χ4v) is 2.09. The fourth-order valence-electron chi connectivity index (χ4n) is 2.09. The highest BCUT2D eigenvalue weighted by Crippen LogP contribution is 2.18. The van der Waals surface area contributed by atoms with Gasteiger partial charge >= 0.3 is 0 Å². The van der Waals surface area contributed by atoms with Crippen LogP contribution in [0, 0.1) is 18.6 Å². The molecule has 3 nitrogen and oxygen atoms in total. The summed E-state index contributed by atoms with van der Waals surface area (Å²) in [5.74, 6) is -1.83. The molecular weight excluding hydrogens is 238 g/mol. The van der Waals surface area contributed by atoms with Crippen molar-refractivity contribution in [2.45, 2.75) is 25.8 Å². The highest BCUT2D eigenvalue weighted by molar-refractivity contribution is 5.94. The van der Waals surface area contributed by atoms with E-state index in [-0.39, 0.29) is 23.1 Å². The molecule has 0 spiro atoms. The Balaban J connectivity index is 2.21. The van der Waals surface area contributed by atoms with E-state index in [0.29, 0.717) is 25.9 Å². The van der Waals surface area contributed by atoms with E-state index in [4.69, 9.17) is 5.73 Å². The van der Waals surface area contributed by atoms with Crippen LogP contribution in [0.3, 0.4) is 0 Å². The Labute approximate surface area is 105 Å². The normalized spacial score (nSPS) is 17.0. The van der Waals surface area contributed by atoms with E-state index in [0.717, 1.165) is 6.07 Å². The summed E-state index contributed by atoms with van der Waals surface area (Å²) in [5.41, 5.74) is 5.95. The Morgan fingerprint density at radius 1 is 1.28 bits per heavy atom. The van der Waals surface area contributed by atoms with Crippen molar-refractivity contribution < 1.29 is 13.6 Å². The average molecular weight is 254 g/mol. The molecule has 1 saturated heterocycles. The van der Waals surface area contributed by atoms with Crippen LogP contribution in [0.1, 0.15) is 28.8 Å². The third-order valence-corrected chi connectivity index (χ3v) is 3.31. The largest absolute Gasteiger partial charge is 0.338 e. The van der Waals surface area contributed by atoms with Crippen molar-refractivity contribution in [2.75, 3.05) is 13.1 Å². The lowest BCUT2D eigenvalue weighted by atomic mass is 10.0. The van der Waals surface area contributed by atoms with Crippen LogP contribution in [0.4, 0.5) is 8.78 Å². The minimum Gasteiger partial charge on any atom is -0.338 e. The number of halogens is 2. The Morgan fingerprint density at radius 2 is 1.89 bits per heavy atom. The van der Waals surface area contributed by atoms with Gasteiger partial charge in [-0.25, -0.2) is 8.78 Å². The van der Waals surface area contributed by atoms with Crippen molar-refractivity contribution in [1.29, 1.82) is 0 Å². The Bertz CT molecular complexity index is 468. The van der Waals surface area contributed by atoms with Gasteiger partial charge in [-0.15, -0.1) is 0 Å². The molecule has 1 aliphatic rings. The van der Waals surface area contributed by atoms with Gasteiger partial charge in [-0.3, -0.25) is 4.79 Å². The van der Waals surface area contributed by atoms with E-state index in [1.54, 1.807) is 4.90 Å². The molecular formula is C13H16F2N2O. The number of likely N-dealkylation sites (tertiary alicyclic amines) is 1. The van der Waals surface area contributed by atoms with Crippen LogP contribution < -0.4 is 5.73 Å². The summed E-state index contributed by atoms with van der Waals surface area (Å²) in [4.78, 5) is 13.7. The summed E-state index contributed by atoms with van der Waals surface area (Å²) >= 11 is 0. The molecule has 1 heterocycles. The first-order valence-electron chi connectivity index (χ1n) is 5.99. The quantitative estimate of drug-likeness (QED) is 0.831. The van der Waals surface area contributed by atoms with Gasteiger partial charge in [0, 0.05) is 25.2 Å². The molecule has 1 fully saturated rings. The van der Waals surface area contributed by atoms with E-state index in [1.165, 1.54) is 13.0 Å². The van der Waals surface area contributed by atoms with Crippen LogP contribution in [0.5, 0.6) is 0 Å². The standard InChI is InChI=1S/C13H16F2N2O/c1-8-6-10(12(15)7-11(8)14)13(18)17-4-2-9(16)3-5-17/h6-7,9H,2-5,16H2,1H3. The van der Waals surface area contributed by atoms with Crippen LogP contribution in [0.25, 0.3) is 0 Å². The maximum absolute atomic E-state index is 13.6. The molecule has 0 unspecified atom stereocenters. The van der Waals surface area contributed by atoms with Crippen LogP contribution in [0.2, 0.25) is 0 Å². The molecule has 0 bridgehead atoms. The monoisotopic (exact) mass is 254 g/mol. The molecule has 2 N–H and O–H groups in total. The first-order valence-corrected chi connectivity index (χ1v) is 5.99. The fraction of sp³-hybridized carbons (Fsp3) is 0.462. The Kier molecular flexibility index (Phi) is 3.61. The first kappa shape index (κ1) is 13.0. The average Bonchev–Trinajstić information content (AvgIpc) is 2.34. The van der Waals surface area contributed by atoms with Crippen molar-refractivity contribution in [3.05, 3.63) is 34.9 Å². The first-order chi connectivity index (χ1) is 8.49. The van der Waals surface area contributed by atoms with E-state index < -0.39 is 11.6 Å². The number of nitrogens with two attached hydrogens (primary N) is 1. The summed E-state index contributed by atoms with van der Waals surface area (Å²) < 4.78 is 26.7. The number of amides is 1. The topological polar surface area (TPSA) is 46.3 Å². The second-order valence-corrected chi connectivity index (χ2v) is 4.71. The van der Waals surface area contributed by atoms with Crippen molar-refractivity contribution in [1.82, 2.24) is 4.90 Å². The minimum atomic E-state index is -0.807. The SMILES string of the molecule is Cc1cc(C(=O)N2CCC(N)CC2)c(F)cc1F. The van der Waals surface area contributed by atoms with Crippen LogP contribution >= 0.6 is 0 Å².